The van der Waals surface area contributed by atoms with Gasteiger partial charge in [-0.25, -0.2) is 0 Å². The van der Waals surface area contributed by atoms with Crippen LogP contribution in [0.25, 0.3) is 0 Å². The van der Waals surface area contributed by atoms with Crippen LogP contribution in [0, 0.1) is 11.3 Å². The minimum atomic E-state index is -0.249. The number of thiocarbonyl (C=S) groups is 1. The van der Waals surface area contributed by atoms with Gasteiger partial charge in [-0.15, -0.1) is 0 Å². The lowest BCUT2D eigenvalue weighted by atomic mass is 9.68. The van der Waals surface area contributed by atoms with Gasteiger partial charge in [0.2, 0.25) is 0 Å². The maximum absolute atomic E-state index is 11.6. The molecule has 20 heavy (non-hydrogen) atoms. The van der Waals surface area contributed by atoms with Crippen LogP contribution in [0.3, 0.4) is 0 Å². The first kappa shape index (κ1) is 15.0. The molecule has 2 rings (SSSR count). The molecule has 108 valence electrons. The molecular formula is C16H21NO2S. The van der Waals surface area contributed by atoms with Crippen LogP contribution >= 0.6 is 12.2 Å². The molecule has 2 atom stereocenters. The van der Waals surface area contributed by atoms with Crippen LogP contribution in [-0.4, -0.2) is 29.5 Å². The number of methoxy groups -OCH3 is 1. The van der Waals surface area contributed by atoms with Crippen LogP contribution in [0.4, 0.5) is 0 Å². The Morgan fingerprint density at radius 2 is 1.90 bits per heavy atom. The molecule has 1 heterocycles. The van der Waals surface area contributed by atoms with Crippen molar-refractivity contribution in [2.45, 2.75) is 26.8 Å². The van der Waals surface area contributed by atoms with E-state index in [0.717, 1.165) is 4.99 Å². The number of benzene rings is 1. The Labute approximate surface area is 125 Å². The van der Waals surface area contributed by atoms with Gasteiger partial charge in [-0.05, 0) is 11.0 Å². The van der Waals surface area contributed by atoms with Gasteiger partial charge in [0, 0.05) is 5.92 Å². The summed E-state index contributed by atoms with van der Waals surface area (Å²) in [5, 5.41) is 0. The molecule has 0 aromatic heterocycles. The van der Waals surface area contributed by atoms with E-state index in [-0.39, 0.29) is 29.9 Å². The fraction of sp³-hybridized carbons (Fsp3) is 0.500. The molecule has 1 fully saturated rings. The highest BCUT2D eigenvalue weighted by molar-refractivity contribution is 7.80. The van der Waals surface area contributed by atoms with Gasteiger partial charge in [0.25, 0.3) is 0 Å². The van der Waals surface area contributed by atoms with E-state index < -0.39 is 0 Å². The van der Waals surface area contributed by atoms with Crippen molar-refractivity contribution in [2.24, 2.45) is 11.3 Å². The number of carbonyl (C=O) groups is 1. The largest absolute Gasteiger partial charge is 0.468 e. The second kappa shape index (κ2) is 5.52. The van der Waals surface area contributed by atoms with Gasteiger partial charge in [0.15, 0.2) is 0 Å². The zero-order valence-corrected chi connectivity index (χ0v) is 13.2. The molecule has 1 saturated heterocycles. The lowest BCUT2D eigenvalue weighted by molar-refractivity contribution is -0.142. The van der Waals surface area contributed by atoms with E-state index in [9.17, 15) is 4.79 Å². The third-order valence-electron chi connectivity index (χ3n) is 3.80. The number of carbonyl (C=O) groups excluding carboxylic acids is 1. The van der Waals surface area contributed by atoms with Crippen LogP contribution < -0.4 is 0 Å². The van der Waals surface area contributed by atoms with Crippen molar-refractivity contribution in [3.8, 4) is 0 Å². The Bertz CT molecular complexity index is 507. The number of likely N-dealkylation sites (tertiary alicyclic amines) is 1. The smallest absolute Gasteiger partial charge is 0.325 e. The maximum atomic E-state index is 11.6. The molecule has 0 amide bonds. The highest BCUT2D eigenvalue weighted by atomic mass is 32.1. The monoisotopic (exact) mass is 291 g/mol. The molecule has 0 spiro atoms. The van der Waals surface area contributed by atoms with Gasteiger partial charge in [0.05, 0.1) is 18.1 Å². The second-order valence-electron chi connectivity index (χ2n) is 6.24. The number of ether oxygens (including phenoxy) is 1. The zero-order valence-electron chi connectivity index (χ0n) is 12.4. The number of hydrogen-bond donors (Lipinski definition) is 0. The minimum absolute atomic E-state index is 0.0736. The summed E-state index contributed by atoms with van der Waals surface area (Å²) in [5.41, 5.74) is 1.27. The first-order chi connectivity index (χ1) is 9.36. The van der Waals surface area contributed by atoms with E-state index in [0.29, 0.717) is 0 Å². The molecule has 0 radical (unpaired) electrons. The van der Waals surface area contributed by atoms with E-state index in [1.165, 1.54) is 12.7 Å². The predicted molar refractivity (Wildman–Crippen MR) is 83.4 cm³/mol. The van der Waals surface area contributed by atoms with E-state index in [1.807, 2.05) is 23.1 Å². The van der Waals surface area contributed by atoms with Crippen molar-refractivity contribution in [1.82, 2.24) is 4.90 Å². The van der Waals surface area contributed by atoms with Crippen molar-refractivity contribution < 1.29 is 9.53 Å². The van der Waals surface area contributed by atoms with Gasteiger partial charge in [-0.3, -0.25) is 4.79 Å². The summed E-state index contributed by atoms with van der Waals surface area (Å²) < 4.78 is 4.77. The quantitative estimate of drug-likeness (QED) is 0.632. The lowest BCUT2D eigenvalue weighted by Crippen LogP contribution is -2.59. The van der Waals surface area contributed by atoms with Crippen LogP contribution in [0.1, 0.15) is 32.4 Å². The predicted octanol–water partition coefficient (Wildman–Crippen LogP) is 3.21. The number of rotatable bonds is 3. The highest BCUT2D eigenvalue weighted by Crippen LogP contribution is 2.49. The van der Waals surface area contributed by atoms with Gasteiger partial charge in [-0.1, -0.05) is 63.3 Å². The molecule has 3 nitrogen and oxygen atoms in total. The number of nitrogens with zero attached hydrogens (tertiary/aromatic N) is 1. The summed E-state index contributed by atoms with van der Waals surface area (Å²) in [7, 11) is 1.41. The summed E-state index contributed by atoms with van der Waals surface area (Å²) in [6, 6.07) is 10.4. The average molecular weight is 291 g/mol. The first-order valence-corrected chi connectivity index (χ1v) is 7.19. The van der Waals surface area contributed by atoms with Gasteiger partial charge in [0.1, 0.15) is 6.54 Å². The zero-order chi connectivity index (χ0) is 14.9. The Morgan fingerprint density at radius 3 is 2.40 bits per heavy atom. The topological polar surface area (TPSA) is 29.5 Å². The highest BCUT2D eigenvalue weighted by Gasteiger charge is 2.50. The normalized spacial score (nSPS) is 22.4. The molecule has 0 saturated carbocycles. The van der Waals surface area contributed by atoms with Crippen LogP contribution in [-0.2, 0) is 9.53 Å². The fourth-order valence-corrected chi connectivity index (χ4v) is 3.46. The molecular weight excluding hydrogens is 270 g/mol. The standard InChI is InChI=1S/C16H21NO2S/c1-16(2,3)13-14(11-8-6-5-7-9-11)17(15(13)20)10-12(18)19-4/h5-9,13-14H,10H2,1-4H3/t13-,14-/m1/s1. The molecule has 1 aromatic carbocycles. The SMILES string of the molecule is COC(=O)CN1C(=S)[C@H](C(C)(C)C)[C@H]1c1ccccc1. The molecule has 0 aliphatic carbocycles. The maximum Gasteiger partial charge on any atom is 0.325 e. The van der Waals surface area contributed by atoms with Crippen LogP contribution in [0.2, 0.25) is 0 Å². The van der Waals surface area contributed by atoms with Gasteiger partial charge in [-0.2, -0.15) is 0 Å². The number of hydrogen-bond acceptors (Lipinski definition) is 3. The Hall–Kier alpha value is -1.42. The third-order valence-corrected chi connectivity index (χ3v) is 4.29. The molecule has 4 heteroatoms. The van der Waals surface area contributed by atoms with E-state index in [1.54, 1.807) is 0 Å². The molecule has 1 aliphatic rings. The van der Waals surface area contributed by atoms with Gasteiger partial charge < -0.3 is 9.64 Å². The fourth-order valence-electron chi connectivity index (χ4n) is 2.80. The molecule has 0 bridgehead atoms. The van der Waals surface area contributed by atoms with E-state index in [4.69, 9.17) is 17.0 Å². The van der Waals surface area contributed by atoms with E-state index in [2.05, 4.69) is 32.9 Å². The second-order valence-corrected chi connectivity index (χ2v) is 6.66. The minimum Gasteiger partial charge on any atom is -0.468 e. The molecule has 1 aromatic rings. The van der Waals surface area contributed by atoms with Crippen LogP contribution in [0.15, 0.2) is 30.3 Å². The summed E-state index contributed by atoms with van der Waals surface area (Å²) >= 11 is 5.54. The third kappa shape index (κ3) is 2.70. The molecule has 0 N–H and O–H groups in total. The number of esters is 1. The van der Waals surface area contributed by atoms with Crippen molar-refractivity contribution in [3.05, 3.63) is 35.9 Å². The van der Waals surface area contributed by atoms with Crippen molar-refractivity contribution >= 4 is 23.2 Å². The summed E-state index contributed by atoms with van der Waals surface area (Å²) in [4.78, 5) is 14.4. The Balaban J connectivity index is 2.29. The summed E-state index contributed by atoms with van der Waals surface area (Å²) in [5.74, 6) is 0.0187. The van der Waals surface area contributed by atoms with Crippen molar-refractivity contribution in [1.29, 1.82) is 0 Å². The van der Waals surface area contributed by atoms with Crippen molar-refractivity contribution in [2.75, 3.05) is 13.7 Å². The van der Waals surface area contributed by atoms with Gasteiger partial charge >= 0.3 is 5.97 Å². The molecule has 1 aliphatic heterocycles. The Morgan fingerprint density at radius 1 is 1.30 bits per heavy atom. The molecule has 0 unspecified atom stereocenters. The van der Waals surface area contributed by atoms with Crippen molar-refractivity contribution in [3.63, 3.8) is 0 Å². The average Bonchev–Trinajstić information content (AvgIpc) is 2.40. The summed E-state index contributed by atoms with van der Waals surface area (Å²) in [6.07, 6.45) is 0. The Kier molecular flexibility index (Phi) is 4.14. The van der Waals surface area contributed by atoms with Crippen LogP contribution in [0.5, 0.6) is 0 Å². The summed E-state index contributed by atoms with van der Waals surface area (Å²) in [6.45, 7) is 6.79. The first-order valence-electron chi connectivity index (χ1n) is 6.78. The van der Waals surface area contributed by atoms with E-state index >= 15 is 0 Å². The lowest BCUT2D eigenvalue weighted by Gasteiger charge is -2.55.